The quantitative estimate of drug-likeness (QED) is 0.534. The Morgan fingerprint density at radius 1 is 1.14 bits per heavy atom. The summed E-state index contributed by atoms with van der Waals surface area (Å²) in [5.41, 5.74) is 8.14. The van der Waals surface area contributed by atoms with E-state index in [0.29, 0.717) is 15.9 Å². The number of fused-ring (bicyclic) bond motifs is 1. The van der Waals surface area contributed by atoms with Gasteiger partial charge in [-0.2, -0.15) is 18.2 Å². The first-order valence-corrected chi connectivity index (χ1v) is 8.29. The normalized spacial score (nSPS) is 10.9. The van der Waals surface area contributed by atoms with Crippen molar-refractivity contribution in [3.63, 3.8) is 0 Å². The minimum absolute atomic E-state index is 0.217. The molecule has 1 heterocycles. The summed E-state index contributed by atoms with van der Waals surface area (Å²) in [6.07, 6.45) is -5.08. The van der Waals surface area contributed by atoms with Gasteiger partial charge in [0, 0.05) is 28.0 Å². The second-order valence-electron chi connectivity index (χ2n) is 5.31. The molecule has 0 aliphatic heterocycles. The number of nitrogens with zero attached hydrogens (tertiary/aromatic N) is 2. The third kappa shape index (κ3) is 4.93. The first-order chi connectivity index (χ1) is 13.0. The number of nitrogens with two attached hydrogens (primary N) is 1. The van der Waals surface area contributed by atoms with Gasteiger partial charge in [0.2, 0.25) is 5.95 Å². The minimum atomic E-state index is -5.08. The highest BCUT2D eigenvalue weighted by molar-refractivity contribution is 6.39. The number of nitrogens with one attached hydrogen (secondary N) is 1. The van der Waals surface area contributed by atoms with E-state index in [0.717, 1.165) is 22.0 Å². The molecule has 0 saturated carbocycles. The molecule has 0 amide bonds. The van der Waals surface area contributed by atoms with Gasteiger partial charge in [-0.25, -0.2) is 9.78 Å². The Bertz CT molecular complexity index is 1010. The first kappa shape index (κ1) is 21.5. The number of benzene rings is 2. The highest BCUT2D eigenvalue weighted by atomic mass is 35.5. The summed E-state index contributed by atoms with van der Waals surface area (Å²) in [5, 5.41) is 12.2. The van der Waals surface area contributed by atoms with Crippen LogP contribution in [0.25, 0.3) is 22.0 Å². The molecule has 148 valence electrons. The SMILES string of the molecule is CNc1nc(N)nc2cc(-c3c(Cl)cccc3Cl)ccc12.O=C(O)C(F)(F)F. The Morgan fingerprint density at radius 2 is 1.71 bits per heavy atom. The van der Waals surface area contributed by atoms with Crippen molar-refractivity contribution in [2.75, 3.05) is 18.1 Å². The zero-order valence-corrected chi connectivity index (χ0v) is 15.7. The molecule has 0 radical (unpaired) electrons. The van der Waals surface area contributed by atoms with Gasteiger partial charge in [0.15, 0.2) is 0 Å². The lowest BCUT2D eigenvalue weighted by Crippen LogP contribution is -2.21. The van der Waals surface area contributed by atoms with Crippen molar-refractivity contribution in [1.29, 1.82) is 0 Å². The maximum Gasteiger partial charge on any atom is 0.490 e. The van der Waals surface area contributed by atoms with Crippen LogP contribution in [0.15, 0.2) is 36.4 Å². The van der Waals surface area contributed by atoms with Gasteiger partial charge in [-0.1, -0.05) is 35.3 Å². The van der Waals surface area contributed by atoms with Crippen LogP contribution in [-0.2, 0) is 4.79 Å². The molecule has 0 aliphatic carbocycles. The molecule has 0 saturated heterocycles. The van der Waals surface area contributed by atoms with Crippen molar-refractivity contribution in [2.45, 2.75) is 6.18 Å². The Labute approximate surface area is 167 Å². The van der Waals surface area contributed by atoms with E-state index in [1.54, 1.807) is 19.2 Å². The number of hydrogen-bond donors (Lipinski definition) is 3. The number of nitrogen functional groups attached to an aromatic ring is 1. The van der Waals surface area contributed by atoms with Gasteiger partial charge < -0.3 is 16.2 Å². The lowest BCUT2D eigenvalue weighted by molar-refractivity contribution is -0.192. The van der Waals surface area contributed by atoms with Gasteiger partial charge in [0.05, 0.1) is 5.52 Å². The van der Waals surface area contributed by atoms with Crippen LogP contribution in [0.4, 0.5) is 24.9 Å². The average Bonchev–Trinajstić information content (AvgIpc) is 2.60. The van der Waals surface area contributed by atoms with E-state index in [2.05, 4.69) is 15.3 Å². The van der Waals surface area contributed by atoms with Crippen LogP contribution >= 0.6 is 23.2 Å². The lowest BCUT2D eigenvalue weighted by Gasteiger charge is -2.10. The van der Waals surface area contributed by atoms with Crippen molar-refractivity contribution < 1.29 is 23.1 Å². The van der Waals surface area contributed by atoms with Crippen molar-refractivity contribution in [2.24, 2.45) is 0 Å². The summed E-state index contributed by atoms with van der Waals surface area (Å²) in [7, 11) is 1.79. The molecule has 0 bridgehead atoms. The highest BCUT2D eigenvalue weighted by Crippen LogP contribution is 2.36. The summed E-state index contributed by atoms with van der Waals surface area (Å²) in [6, 6.07) is 11.2. The molecular formula is C17H13Cl2F3N4O2. The van der Waals surface area contributed by atoms with E-state index in [1.807, 2.05) is 24.3 Å². The summed E-state index contributed by atoms with van der Waals surface area (Å²) in [4.78, 5) is 17.3. The molecular weight excluding hydrogens is 420 g/mol. The Morgan fingerprint density at radius 3 is 2.21 bits per heavy atom. The zero-order valence-electron chi connectivity index (χ0n) is 14.2. The van der Waals surface area contributed by atoms with Crippen LogP contribution in [-0.4, -0.2) is 34.3 Å². The van der Waals surface area contributed by atoms with Gasteiger partial charge in [-0.3, -0.25) is 0 Å². The molecule has 0 atom stereocenters. The summed E-state index contributed by atoms with van der Waals surface area (Å²) < 4.78 is 31.7. The number of aliphatic carboxylic acids is 1. The van der Waals surface area contributed by atoms with Crippen LogP contribution in [0.3, 0.4) is 0 Å². The van der Waals surface area contributed by atoms with Crippen LogP contribution in [0, 0.1) is 0 Å². The van der Waals surface area contributed by atoms with Crippen molar-refractivity contribution >= 4 is 51.8 Å². The number of halogens is 5. The van der Waals surface area contributed by atoms with Gasteiger partial charge in [-0.15, -0.1) is 0 Å². The van der Waals surface area contributed by atoms with Crippen molar-refractivity contribution in [3.05, 3.63) is 46.4 Å². The smallest absolute Gasteiger partial charge is 0.475 e. The number of carbonyl (C=O) groups is 1. The number of aromatic nitrogens is 2. The monoisotopic (exact) mass is 432 g/mol. The average molecular weight is 433 g/mol. The molecule has 4 N–H and O–H groups in total. The Balaban J connectivity index is 0.000000345. The fraction of sp³-hybridized carbons (Fsp3) is 0.118. The minimum Gasteiger partial charge on any atom is -0.475 e. The molecule has 0 aliphatic rings. The van der Waals surface area contributed by atoms with Gasteiger partial charge in [0.25, 0.3) is 0 Å². The predicted octanol–water partition coefficient (Wildman–Crippen LogP) is 4.86. The van der Waals surface area contributed by atoms with E-state index < -0.39 is 12.1 Å². The number of anilines is 2. The lowest BCUT2D eigenvalue weighted by atomic mass is 10.0. The fourth-order valence-corrected chi connectivity index (χ4v) is 2.88. The summed E-state index contributed by atoms with van der Waals surface area (Å²) in [6.45, 7) is 0. The maximum atomic E-state index is 10.6. The van der Waals surface area contributed by atoms with Crippen LogP contribution in [0.1, 0.15) is 0 Å². The van der Waals surface area contributed by atoms with E-state index in [4.69, 9.17) is 38.8 Å². The standard InChI is InChI=1S/C15H12Cl2N4.C2HF3O2/c1-19-14-9-6-5-8(7-12(9)20-15(18)21-14)13-10(16)3-2-4-11(13)17;3-2(4,5)1(6)7/h2-7H,1H3,(H3,18,19,20,21);(H,6,7). The summed E-state index contributed by atoms with van der Waals surface area (Å²) >= 11 is 12.5. The number of rotatable bonds is 2. The number of carboxylic acids is 1. The zero-order chi connectivity index (χ0) is 21.1. The van der Waals surface area contributed by atoms with Crippen LogP contribution in [0.2, 0.25) is 10.0 Å². The molecule has 0 fully saturated rings. The third-order valence-electron chi connectivity index (χ3n) is 3.44. The highest BCUT2D eigenvalue weighted by Gasteiger charge is 2.38. The van der Waals surface area contributed by atoms with Crippen LogP contribution < -0.4 is 11.1 Å². The van der Waals surface area contributed by atoms with Crippen molar-refractivity contribution in [1.82, 2.24) is 9.97 Å². The Hall–Kier alpha value is -2.78. The molecule has 3 aromatic rings. The number of hydrogen-bond acceptors (Lipinski definition) is 5. The van der Waals surface area contributed by atoms with Gasteiger partial charge >= 0.3 is 12.1 Å². The third-order valence-corrected chi connectivity index (χ3v) is 4.07. The largest absolute Gasteiger partial charge is 0.490 e. The van der Waals surface area contributed by atoms with Crippen molar-refractivity contribution in [3.8, 4) is 11.1 Å². The fourth-order valence-electron chi connectivity index (χ4n) is 2.27. The number of alkyl halides is 3. The molecule has 0 spiro atoms. The van der Waals surface area contributed by atoms with E-state index in [9.17, 15) is 13.2 Å². The van der Waals surface area contributed by atoms with Gasteiger partial charge in [0.1, 0.15) is 5.82 Å². The predicted molar refractivity (Wildman–Crippen MR) is 103 cm³/mol. The maximum absolute atomic E-state index is 10.6. The second-order valence-corrected chi connectivity index (χ2v) is 6.13. The molecule has 3 rings (SSSR count). The first-order valence-electron chi connectivity index (χ1n) is 7.54. The number of carboxylic acid groups (broad SMARTS) is 1. The molecule has 0 unspecified atom stereocenters. The molecule has 11 heteroatoms. The molecule has 28 heavy (non-hydrogen) atoms. The van der Waals surface area contributed by atoms with Crippen LogP contribution in [0.5, 0.6) is 0 Å². The molecule has 1 aromatic heterocycles. The van der Waals surface area contributed by atoms with E-state index >= 15 is 0 Å². The summed E-state index contributed by atoms with van der Waals surface area (Å²) in [5.74, 6) is -1.85. The molecule has 2 aromatic carbocycles. The Kier molecular flexibility index (Phi) is 6.52. The van der Waals surface area contributed by atoms with Gasteiger partial charge in [-0.05, 0) is 29.8 Å². The van der Waals surface area contributed by atoms with E-state index in [-0.39, 0.29) is 5.95 Å². The topological polar surface area (TPSA) is 101 Å². The van der Waals surface area contributed by atoms with E-state index in [1.165, 1.54) is 0 Å². The second kappa shape index (κ2) is 8.49. The molecule has 6 nitrogen and oxygen atoms in total.